The number of ether oxygens (including phenoxy) is 2. The Hall–Kier alpha value is -4.83. The Morgan fingerprint density at radius 2 is 1.34 bits per heavy atom. The van der Waals surface area contributed by atoms with Gasteiger partial charge in [-0.15, -0.1) is 0 Å². The topological polar surface area (TPSA) is 105 Å². The molecule has 0 saturated carbocycles. The zero-order valence-corrected chi connectivity index (χ0v) is 28.6. The third-order valence-electron chi connectivity index (χ3n) is 7.61. The third-order valence-corrected chi connectivity index (χ3v) is 9.38. The predicted molar refractivity (Wildman–Crippen MR) is 184 cm³/mol. The molecule has 0 saturated heterocycles. The SMILES string of the molecule is COc1ccc(S(=O)(=O)N(CC(=O)N(Cc2ccccc2)C(Cc2ccccc2)C(=O)NC(C)C)c2cc(C)cc(C)c2)cc1OC. The molecular weight excluding hydrogens is 614 g/mol. The number of nitrogens with one attached hydrogen (secondary N) is 1. The van der Waals surface area contributed by atoms with Crippen molar-refractivity contribution in [2.45, 2.75) is 57.6 Å². The molecule has 2 amide bonds. The third kappa shape index (κ3) is 8.92. The number of sulfonamides is 1. The van der Waals surface area contributed by atoms with Gasteiger partial charge in [0.1, 0.15) is 12.6 Å². The molecule has 10 heteroatoms. The van der Waals surface area contributed by atoms with Crippen molar-refractivity contribution in [2.24, 2.45) is 0 Å². The van der Waals surface area contributed by atoms with Crippen LogP contribution in [0.15, 0.2) is 102 Å². The molecule has 4 rings (SSSR count). The number of aryl methyl sites for hydroxylation is 2. The van der Waals surface area contributed by atoms with E-state index in [0.717, 1.165) is 26.6 Å². The van der Waals surface area contributed by atoms with E-state index in [2.05, 4.69) is 5.32 Å². The molecule has 0 spiro atoms. The van der Waals surface area contributed by atoms with Gasteiger partial charge in [0.2, 0.25) is 11.8 Å². The monoisotopic (exact) mass is 657 g/mol. The number of benzene rings is 4. The van der Waals surface area contributed by atoms with E-state index in [1.807, 2.05) is 94.4 Å². The minimum absolute atomic E-state index is 0.0740. The molecule has 0 radical (unpaired) electrons. The first-order valence-corrected chi connectivity index (χ1v) is 16.9. The van der Waals surface area contributed by atoms with E-state index >= 15 is 0 Å². The van der Waals surface area contributed by atoms with Crippen LogP contribution < -0.4 is 19.1 Å². The number of carbonyl (C=O) groups excluding carboxylic acids is 2. The fraction of sp³-hybridized carbons (Fsp3) is 0.297. The summed E-state index contributed by atoms with van der Waals surface area (Å²) >= 11 is 0. The zero-order valence-electron chi connectivity index (χ0n) is 27.8. The Bertz CT molecular complexity index is 1760. The van der Waals surface area contributed by atoms with Crippen LogP contribution in [0.25, 0.3) is 0 Å². The van der Waals surface area contributed by atoms with E-state index in [0.29, 0.717) is 11.4 Å². The molecular formula is C37H43N3O6S. The van der Waals surface area contributed by atoms with Gasteiger partial charge in [0.15, 0.2) is 11.5 Å². The lowest BCUT2D eigenvalue weighted by Crippen LogP contribution is -2.54. The maximum absolute atomic E-state index is 14.6. The van der Waals surface area contributed by atoms with Crippen LogP contribution in [0.5, 0.6) is 11.5 Å². The molecule has 0 aliphatic rings. The number of amides is 2. The summed E-state index contributed by atoms with van der Waals surface area (Å²) in [6, 6.07) is 27.4. The number of methoxy groups -OCH3 is 2. The molecule has 248 valence electrons. The number of hydrogen-bond acceptors (Lipinski definition) is 6. The van der Waals surface area contributed by atoms with Gasteiger partial charge < -0.3 is 19.7 Å². The van der Waals surface area contributed by atoms with E-state index in [9.17, 15) is 18.0 Å². The molecule has 0 aromatic heterocycles. The molecule has 1 N–H and O–H groups in total. The smallest absolute Gasteiger partial charge is 0.264 e. The van der Waals surface area contributed by atoms with Crippen LogP contribution in [0.2, 0.25) is 0 Å². The van der Waals surface area contributed by atoms with Crippen molar-refractivity contribution in [3.05, 3.63) is 119 Å². The molecule has 4 aromatic rings. The summed E-state index contributed by atoms with van der Waals surface area (Å²) in [5.41, 5.74) is 3.67. The Morgan fingerprint density at radius 3 is 1.89 bits per heavy atom. The average Bonchev–Trinajstić information content (AvgIpc) is 3.04. The quantitative estimate of drug-likeness (QED) is 0.187. The molecule has 0 aliphatic carbocycles. The first kappa shape index (κ1) is 35.0. The number of nitrogens with zero attached hydrogens (tertiary/aromatic N) is 2. The minimum Gasteiger partial charge on any atom is -0.493 e. The van der Waals surface area contributed by atoms with Crippen molar-refractivity contribution in [1.29, 1.82) is 0 Å². The summed E-state index contributed by atoms with van der Waals surface area (Å²) in [4.78, 5) is 29.9. The average molecular weight is 658 g/mol. The summed E-state index contributed by atoms with van der Waals surface area (Å²) in [6.07, 6.45) is 0.240. The van der Waals surface area contributed by atoms with Crippen LogP contribution in [0.1, 0.15) is 36.1 Å². The normalized spacial score (nSPS) is 11.9. The minimum atomic E-state index is -4.32. The van der Waals surface area contributed by atoms with Gasteiger partial charge in [0.05, 0.1) is 24.8 Å². The molecule has 0 fully saturated rings. The van der Waals surface area contributed by atoms with E-state index in [4.69, 9.17) is 9.47 Å². The van der Waals surface area contributed by atoms with Crippen LogP contribution in [0.3, 0.4) is 0 Å². The van der Waals surface area contributed by atoms with Crippen LogP contribution in [0.4, 0.5) is 5.69 Å². The molecule has 0 heterocycles. The number of rotatable bonds is 14. The molecule has 1 atom stereocenters. The van der Waals surface area contributed by atoms with Gasteiger partial charge >= 0.3 is 0 Å². The van der Waals surface area contributed by atoms with Crippen LogP contribution in [-0.2, 0) is 32.6 Å². The fourth-order valence-corrected chi connectivity index (χ4v) is 6.86. The second-order valence-corrected chi connectivity index (χ2v) is 13.6. The highest BCUT2D eigenvalue weighted by atomic mass is 32.2. The molecule has 0 bridgehead atoms. The lowest BCUT2D eigenvalue weighted by Gasteiger charge is -2.34. The van der Waals surface area contributed by atoms with Crippen LogP contribution in [0, 0.1) is 13.8 Å². The predicted octanol–water partition coefficient (Wildman–Crippen LogP) is 5.68. The van der Waals surface area contributed by atoms with E-state index in [1.165, 1.54) is 37.3 Å². The molecule has 47 heavy (non-hydrogen) atoms. The first-order valence-electron chi connectivity index (χ1n) is 15.4. The van der Waals surface area contributed by atoms with E-state index < -0.39 is 28.5 Å². The Balaban J connectivity index is 1.84. The van der Waals surface area contributed by atoms with Gasteiger partial charge in [0.25, 0.3) is 10.0 Å². The maximum Gasteiger partial charge on any atom is 0.264 e. The van der Waals surface area contributed by atoms with Gasteiger partial charge in [-0.2, -0.15) is 0 Å². The summed E-state index contributed by atoms with van der Waals surface area (Å²) < 4.78 is 40.8. The molecule has 0 aliphatic heterocycles. The lowest BCUT2D eigenvalue weighted by atomic mass is 10.0. The fourth-order valence-electron chi connectivity index (χ4n) is 5.44. The lowest BCUT2D eigenvalue weighted by molar-refractivity contribution is -0.140. The van der Waals surface area contributed by atoms with Crippen molar-refractivity contribution in [3.8, 4) is 11.5 Å². The highest BCUT2D eigenvalue weighted by Gasteiger charge is 2.35. The zero-order chi connectivity index (χ0) is 34.1. The Labute approximate surface area is 278 Å². The molecule has 1 unspecified atom stereocenters. The van der Waals surface area contributed by atoms with Gasteiger partial charge in [-0.05, 0) is 74.2 Å². The standard InChI is InChI=1S/C37H43N3O6S/c1-26(2)38-37(42)33(22-29-13-9-7-10-14-29)39(24-30-15-11-8-12-16-30)36(41)25-40(31-20-27(3)19-28(4)21-31)47(43,44)32-17-18-34(45-5)35(23-32)46-6/h7-21,23,26,33H,22,24-25H2,1-6H3,(H,38,42). The molecule has 4 aromatic carbocycles. The van der Waals surface area contributed by atoms with Gasteiger partial charge in [-0.1, -0.05) is 66.7 Å². The van der Waals surface area contributed by atoms with Crippen molar-refractivity contribution in [1.82, 2.24) is 10.2 Å². The first-order chi connectivity index (χ1) is 22.4. The van der Waals surface area contributed by atoms with Crippen LogP contribution >= 0.6 is 0 Å². The molecule has 9 nitrogen and oxygen atoms in total. The largest absolute Gasteiger partial charge is 0.493 e. The van der Waals surface area contributed by atoms with Crippen molar-refractivity contribution < 1.29 is 27.5 Å². The van der Waals surface area contributed by atoms with E-state index in [-0.39, 0.29) is 35.6 Å². The summed E-state index contributed by atoms with van der Waals surface area (Å²) in [7, 11) is -1.43. The summed E-state index contributed by atoms with van der Waals surface area (Å²) in [5, 5.41) is 2.97. The summed E-state index contributed by atoms with van der Waals surface area (Å²) in [6.45, 7) is 7.00. The summed E-state index contributed by atoms with van der Waals surface area (Å²) in [5.74, 6) is -0.251. The Morgan fingerprint density at radius 1 is 0.766 bits per heavy atom. The second kappa shape index (κ2) is 15.6. The number of carbonyl (C=O) groups is 2. The maximum atomic E-state index is 14.6. The van der Waals surface area contributed by atoms with Crippen molar-refractivity contribution >= 4 is 27.5 Å². The van der Waals surface area contributed by atoms with Crippen molar-refractivity contribution in [2.75, 3.05) is 25.1 Å². The highest BCUT2D eigenvalue weighted by molar-refractivity contribution is 7.92. The Kier molecular flexibility index (Phi) is 11.7. The van der Waals surface area contributed by atoms with Gasteiger partial charge in [0, 0.05) is 25.1 Å². The number of anilines is 1. The van der Waals surface area contributed by atoms with Gasteiger partial charge in [-0.3, -0.25) is 13.9 Å². The highest BCUT2D eigenvalue weighted by Crippen LogP contribution is 2.33. The van der Waals surface area contributed by atoms with Crippen molar-refractivity contribution in [3.63, 3.8) is 0 Å². The van der Waals surface area contributed by atoms with E-state index in [1.54, 1.807) is 12.1 Å². The van der Waals surface area contributed by atoms with Crippen LogP contribution in [-0.4, -0.2) is 58.0 Å². The second-order valence-electron chi connectivity index (χ2n) is 11.8. The number of hydrogen-bond donors (Lipinski definition) is 1. The van der Waals surface area contributed by atoms with Gasteiger partial charge in [-0.25, -0.2) is 8.42 Å².